The van der Waals surface area contributed by atoms with Crippen LogP contribution in [-0.2, 0) is 13.0 Å². The van der Waals surface area contributed by atoms with Crippen molar-refractivity contribution in [3.8, 4) is 0 Å². The minimum Gasteiger partial charge on any atom is -0.390 e. The van der Waals surface area contributed by atoms with Gasteiger partial charge in [0.05, 0.1) is 6.61 Å². The van der Waals surface area contributed by atoms with Crippen molar-refractivity contribution in [1.82, 2.24) is 4.98 Å². The van der Waals surface area contributed by atoms with E-state index in [1.54, 1.807) is 0 Å². The molecule has 0 saturated carbocycles. The molecule has 1 aromatic carbocycles. The quantitative estimate of drug-likeness (QED) is 0.822. The second kappa shape index (κ2) is 4.51. The van der Waals surface area contributed by atoms with E-state index in [2.05, 4.69) is 4.98 Å². The first-order valence-corrected chi connectivity index (χ1v) is 5.18. The molecule has 15 heavy (non-hydrogen) atoms. The van der Waals surface area contributed by atoms with Gasteiger partial charge in [-0.15, -0.1) is 0 Å². The van der Waals surface area contributed by atoms with Gasteiger partial charge in [0.15, 0.2) is 0 Å². The number of rotatable bonds is 3. The first-order chi connectivity index (χ1) is 7.29. The number of benzene rings is 1. The molecule has 1 aromatic heterocycles. The molecule has 78 valence electrons. The van der Waals surface area contributed by atoms with Crippen LogP contribution in [0.2, 0.25) is 5.02 Å². The lowest BCUT2D eigenvalue weighted by Crippen LogP contribution is -1.92. The summed E-state index contributed by atoms with van der Waals surface area (Å²) in [6, 6.07) is 9.73. The van der Waals surface area contributed by atoms with E-state index in [1.807, 2.05) is 36.5 Å². The van der Waals surface area contributed by atoms with Crippen LogP contribution in [0.15, 0.2) is 36.5 Å². The number of hydrogen-bond donors (Lipinski definition) is 2. The summed E-state index contributed by atoms with van der Waals surface area (Å²) < 4.78 is 0. The average Bonchev–Trinajstić information content (AvgIpc) is 2.69. The highest BCUT2D eigenvalue weighted by molar-refractivity contribution is 6.30. The van der Waals surface area contributed by atoms with E-state index in [4.69, 9.17) is 16.7 Å². The second-order valence-electron chi connectivity index (χ2n) is 3.44. The summed E-state index contributed by atoms with van der Waals surface area (Å²) in [6.45, 7) is 0.0515. The number of aromatic amines is 1. The summed E-state index contributed by atoms with van der Waals surface area (Å²) in [5.74, 6) is 0. The van der Waals surface area contributed by atoms with E-state index < -0.39 is 0 Å². The molecule has 1 heterocycles. The third-order valence-corrected chi connectivity index (χ3v) is 2.65. The Morgan fingerprint density at radius 3 is 2.53 bits per heavy atom. The van der Waals surface area contributed by atoms with Gasteiger partial charge < -0.3 is 10.1 Å². The molecule has 0 aliphatic heterocycles. The number of hydrogen-bond acceptors (Lipinski definition) is 1. The van der Waals surface area contributed by atoms with E-state index in [1.165, 1.54) is 5.56 Å². The Bertz CT molecular complexity index is 433. The average molecular weight is 222 g/mol. The first kappa shape index (κ1) is 10.3. The van der Waals surface area contributed by atoms with Crippen LogP contribution in [0.4, 0.5) is 0 Å². The maximum absolute atomic E-state index is 9.08. The fourth-order valence-corrected chi connectivity index (χ4v) is 1.70. The molecule has 0 saturated heterocycles. The zero-order valence-corrected chi connectivity index (χ0v) is 8.96. The number of nitrogens with one attached hydrogen (secondary N) is 1. The first-order valence-electron chi connectivity index (χ1n) is 4.80. The van der Waals surface area contributed by atoms with E-state index in [-0.39, 0.29) is 6.61 Å². The summed E-state index contributed by atoms with van der Waals surface area (Å²) in [7, 11) is 0. The predicted molar refractivity (Wildman–Crippen MR) is 61.0 cm³/mol. The standard InChI is InChI=1S/C12H12ClNO/c13-11-3-1-9(2-4-11)7-10-5-6-14-12(10)8-15/h1-6,14-15H,7-8H2. The van der Waals surface area contributed by atoms with Crippen molar-refractivity contribution in [2.75, 3.05) is 0 Å². The highest BCUT2D eigenvalue weighted by atomic mass is 35.5. The van der Waals surface area contributed by atoms with Gasteiger partial charge in [-0.2, -0.15) is 0 Å². The molecular weight excluding hydrogens is 210 g/mol. The number of aliphatic hydroxyl groups is 1. The fourth-order valence-electron chi connectivity index (χ4n) is 1.57. The van der Waals surface area contributed by atoms with Gasteiger partial charge in [-0.3, -0.25) is 0 Å². The van der Waals surface area contributed by atoms with Gasteiger partial charge in [-0.1, -0.05) is 23.7 Å². The third-order valence-electron chi connectivity index (χ3n) is 2.40. The minimum atomic E-state index is 0.0515. The Balaban J connectivity index is 2.18. The topological polar surface area (TPSA) is 36.0 Å². The van der Waals surface area contributed by atoms with Crippen LogP contribution in [0.1, 0.15) is 16.8 Å². The monoisotopic (exact) mass is 221 g/mol. The van der Waals surface area contributed by atoms with Crippen LogP contribution in [-0.4, -0.2) is 10.1 Å². The summed E-state index contributed by atoms with van der Waals surface area (Å²) >= 11 is 5.81. The van der Waals surface area contributed by atoms with Gasteiger partial charge in [0, 0.05) is 16.9 Å². The van der Waals surface area contributed by atoms with E-state index in [0.717, 1.165) is 22.7 Å². The Morgan fingerprint density at radius 1 is 1.13 bits per heavy atom. The smallest absolute Gasteiger partial charge is 0.0833 e. The maximum Gasteiger partial charge on any atom is 0.0833 e. The molecule has 2 rings (SSSR count). The number of aromatic nitrogens is 1. The second-order valence-corrected chi connectivity index (χ2v) is 3.88. The number of H-pyrrole nitrogens is 1. The molecule has 2 aromatic rings. The Hall–Kier alpha value is -1.25. The van der Waals surface area contributed by atoms with Crippen molar-refractivity contribution in [1.29, 1.82) is 0 Å². The fraction of sp³-hybridized carbons (Fsp3) is 0.167. The van der Waals surface area contributed by atoms with Crippen molar-refractivity contribution < 1.29 is 5.11 Å². The van der Waals surface area contributed by atoms with Crippen molar-refractivity contribution in [3.05, 3.63) is 58.4 Å². The molecule has 0 radical (unpaired) electrons. The molecule has 0 spiro atoms. The van der Waals surface area contributed by atoms with Gasteiger partial charge in [0.1, 0.15) is 0 Å². The number of aliphatic hydroxyl groups excluding tert-OH is 1. The largest absolute Gasteiger partial charge is 0.390 e. The van der Waals surface area contributed by atoms with Crippen molar-refractivity contribution in [2.24, 2.45) is 0 Å². The van der Waals surface area contributed by atoms with Gasteiger partial charge >= 0.3 is 0 Å². The van der Waals surface area contributed by atoms with Crippen LogP contribution < -0.4 is 0 Å². The zero-order valence-electron chi connectivity index (χ0n) is 8.20. The normalized spacial score (nSPS) is 10.5. The van der Waals surface area contributed by atoms with E-state index in [9.17, 15) is 0 Å². The van der Waals surface area contributed by atoms with Crippen molar-refractivity contribution in [3.63, 3.8) is 0 Å². The third kappa shape index (κ3) is 2.41. The maximum atomic E-state index is 9.08. The Labute approximate surface area is 93.5 Å². The van der Waals surface area contributed by atoms with E-state index >= 15 is 0 Å². The zero-order chi connectivity index (χ0) is 10.7. The Kier molecular flexibility index (Phi) is 3.09. The lowest BCUT2D eigenvalue weighted by atomic mass is 10.1. The molecule has 0 amide bonds. The summed E-state index contributed by atoms with van der Waals surface area (Å²) in [4.78, 5) is 3.01. The van der Waals surface area contributed by atoms with Gasteiger partial charge in [-0.05, 0) is 35.7 Å². The molecule has 0 bridgehead atoms. The van der Waals surface area contributed by atoms with Gasteiger partial charge in [-0.25, -0.2) is 0 Å². The van der Waals surface area contributed by atoms with Crippen molar-refractivity contribution in [2.45, 2.75) is 13.0 Å². The molecule has 0 atom stereocenters. The molecule has 0 aliphatic carbocycles. The molecule has 2 N–H and O–H groups in total. The summed E-state index contributed by atoms with van der Waals surface area (Å²) in [6.07, 6.45) is 2.66. The van der Waals surface area contributed by atoms with Gasteiger partial charge in [0.2, 0.25) is 0 Å². The summed E-state index contributed by atoms with van der Waals surface area (Å²) in [5.41, 5.74) is 3.19. The van der Waals surface area contributed by atoms with Crippen LogP contribution >= 0.6 is 11.6 Å². The van der Waals surface area contributed by atoms with Crippen LogP contribution in [0, 0.1) is 0 Å². The predicted octanol–water partition coefficient (Wildman–Crippen LogP) is 2.75. The van der Waals surface area contributed by atoms with Crippen molar-refractivity contribution >= 4 is 11.6 Å². The Morgan fingerprint density at radius 2 is 1.87 bits per heavy atom. The lowest BCUT2D eigenvalue weighted by molar-refractivity contribution is 0.276. The molecule has 3 heteroatoms. The van der Waals surface area contributed by atoms with Crippen LogP contribution in [0.3, 0.4) is 0 Å². The summed E-state index contributed by atoms with van der Waals surface area (Å²) in [5, 5.41) is 9.82. The number of halogens is 1. The minimum absolute atomic E-state index is 0.0515. The van der Waals surface area contributed by atoms with Gasteiger partial charge in [0.25, 0.3) is 0 Å². The molecule has 0 unspecified atom stereocenters. The SMILES string of the molecule is OCc1[nH]ccc1Cc1ccc(Cl)cc1. The highest BCUT2D eigenvalue weighted by Crippen LogP contribution is 2.15. The molecule has 0 aliphatic rings. The lowest BCUT2D eigenvalue weighted by Gasteiger charge is -2.02. The van der Waals surface area contributed by atoms with Crippen LogP contribution in [0.25, 0.3) is 0 Å². The van der Waals surface area contributed by atoms with Crippen LogP contribution in [0.5, 0.6) is 0 Å². The molecular formula is C12H12ClNO. The molecule has 2 nitrogen and oxygen atoms in total. The van der Waals surface area contributed by atoms with E-state index in [0.29, 0.717) is 0 Å². The highest BCUT2D eigenvalue weighted by Gasteiger charge is 2.03. The molecule has 0 fully saturated rings.